The number of thiophene rings is 2. The zero-order valence-corrected chi connectivity index (χ0v) is 28.1. The van der Waals surface area contributed by atoms with Gasteiger partial charge in [0.05, 0.1) is 5.69 Å². The molecule has 0 bridgehead atoms. The molecular formula is C46H29NS2. The maximum Gasteiger partial charge on any atom is 0.0554 e. The summed E-state index contributed by atoms with van der Waals surface area (Å²) in [6.45, 7) is 0. The number of rotatable bonds is 5. The van der Waals surface area contributed by atoms with Crippen molar-refractivity contribution in [2.24, 2.45) is 0 Å². The Morgan fingerprint density at radius 2 is 0.837 bits per heavy atom. The zero-order valence-electron chi connectivity index (χ0n) is 26.5. The minimum Gasteiger partial charge on any atom is -0.310 e. The third-order valence-corrected chi connectivity index (χ3v) is 11.9. The molecule has 0 spiro atoms. The second-order valence-electron chi connectivity index (χ2n) is 12.5. The van der Waals surface area contributed by atoms with Gasteiger partial charge in [0.1, 0.15) is 0 Å². The molecule has 0 atom stereocenters. The Morgan fingerprint density at radius 1 is 0.327 bits per heavy atom. The number of nitrogens with zero attached hydrogens (tertiary/aromatic N) is 1. The van der Waals surface area contributed by atoms with E-state index in [1.165, 1.54) is 79.1 Å². The Kier molecular flexibility index (Phi) is 6.61. The normalized spacial score (nSPS) is 11.7. The summed E-state index contributed by atoms with van der Waals surface area (Å²) in [4.78, 5) is 2.42. The van der Waals surface area contributed by atoms with Gasteiger partial charge in [-0.3, -0.25) is 0 Å². The number of hydrogen-bond acceptors (Lipinski definition) is 3. The molecule has 8 aromatic carbocycles. The Hall–Kier alpha value is -5.74. The Morgan fingerprint density at radius 3 is 1.53 bits per heavy atom. The van der Waals surface area contributed by atoms with E-state index in [1.54, 1.807) is 0 Å². The first kappa shape index (κ1) is 28.3. The molecule has 230 valence electrons. The van der Waals surface area contributed by atoms with Crippen LogP contribution >= 0.6 is 22.7 Å². The summed E-state index contributed by atoms with van der Waals surface area (Å²) >= 11 is 3.74. The van der Waals surface area contributed by atoms with E-state index in [9.17, 15) is 0 Å². The van der Waals surface area contributed by atoms with Crippen molar-refractivity contribution >= 4 is 90.9 Å². The summed E-state index contributed by atoms with van der Waals surface area (Å²) < 4.78 is 5.27. The predicted octanol–water partition coefficient (Wildman–Crippen LogP) is 14.4. The van der Waals surface area contributed by atoms with E-state index in [4.69, 9.17) is 0 Å². The van der Waals surface area contributed by atoms with E-state index in [0.29, 0.717) is 0 Å². The van der Waals surface area contributed by atoms with Crippen molar-refractivity contribution in [1.29, 1.82) is 0 Å². The van der Waals surface area contributed by atoms with E-state index in [2.05, 4.69) is 181 Å². The van der Waals surface area contributed by atoms with Crippen LogP contribution in [0, 0.1) is 0 Å². The van der Waals surface area contributed by atoms with Crippen LogP contribution in [-0.4, -0.2) is 0 Å². The van der Waals surface area contributed by atoms with Gasteiger partial charge in [-0.25, -0.2) is 0 Å². The van der Waals surface area contributed by atoms with Crippen LogP contribution < -0.4 is 4.90 Å². The van der Waals surface area contributed by atoms with Gasteiger partial charge in [-0.15, -0.1) is 22.7 Å². The molecule has 0 aliphatic heterocycles. The average molecular weight is 660 g/mol. The summed E-state index contributed by atoms with van der Waals surface area (Å²) in [5.74, 6) is 0. The van der Waals surface area contributed by atoms with Crippen molar-refractivity contribution < 1.29 is 0 Å². The summed E-state index contributed by atoms with van der Waals surface area (Å²) in [6, 6.07) is 64.3. The minimum absolute atomic E-state index is 1.13. The lowest BCUT2D eigenvalue weighted by Crippen LogP contribution is -2.10. The summed E-state index contributed by atoms with van der Waals surface area (Å²) in [5.41, 5.74) is 8.37. The number of fused-ring (bicyclic) bond motifs is 8. The maximum absolute atomic E-state index is 2.42. The van der Waals surface area contributed by atoms with Crippen LogP contribution in [0.2, 0.25) is 0 Å². The summed E-state index contributed by atoms with van der Waals surface area (Å²) in [6.07, 6.45) is 0. The van der Waals surface area contributed by atoms with Crippen molar-refractivity contribution in [3.63, 3.8) is 0 Å². The lowest BCUT2D eigenvalue weighted by molar-refractivity contribution is 1.30. The molecule has 0 fully saturated rings. The van der Waals surface area contributed by atoms with E-state index in [1.807, 2.05) is 22.7 Å². The predicted molar refractivity (Wildman–Crippen MR) is 215 cm³/mol. The molecule has 10 aromatic rings. The quantitative estimate of drug-likeness (QED) is 0.178. The topological polar surface area (TPSA) is 3.24 Å². The van der Waals surface area contributed by atoms with Crippen LogP contribution in [0.3, 0.4) is 0 Å². The van der Waals surface area contributed by atoms with Crippen LogP contribution in [0.15, 0.2) is 176 Å². The SMILES string of the molecule is c1ccc(-c2ccc(N(c3ccc(-c4cc5sc6ccccc6c5c5ccccc45)cc3)c3cccc4sc5ccccc5c34)cc2)cc1. The van der Waals surface area contributed by atoms with Gasteiger partial charge in [0, 0.05) is 51.7 Å². The molecule has 2 heterocycles. The molecule has 10 rings (SSSR count). The van der Waals surface area contributed by atoms with Crippen molar-refractivity contribution in [2.45, 2.75) is 0 Å². The first-order valence-electron chi connectivity index (χ1n) is 16.6. The summed E-state index contributed by atoms with van der Waals surface area (Å²) in [5, 5.41) is 7.88. The van der Waals surface area contributed by atoms with Gasteiger partial charge in [0.2, 0.25) is 0 Å². The standard InChI is InChI=1S/C46H29NS2/c1-2-11-30(12-3-1)31-21-25-33(26-22-31)47(40-17-10-20-43-46(40)38-16-7-9-19-42(38)48-43)34-27-23-32(24-28-34)39-29-44-45(36-14-5-4-13-35(36)39)37-15-6-8-18-41(37)49-44/h1-29H. The highest BCUT2D eigenvalue weighted by molar-refractivity contribution is 7.26. The van der Waals surface area contributed by atoms with Crippen molar-refractivity contribution in [3.05, 3.63) is 176 Å². The molecular weight excluding hydrogens is 631 g/mol. The molecule has 1 nitrogen and oxygen atoms in total. The lowest BCUT2D eigenvalue weighted by Gasteiger charge is -2.27. The van der Waals surface area contributed by atoms with Gasteiger partial charge in [-0.05, 0) is 87.6 Å². The van der Waals surface area contributed by atoms with Crippen molar-refractivity contribution in [3.8, 4) is 22.3 Å². The second kappa shape index (κ2) is 11.5. The Bertz CT molecular complexity index is 2810. The molecule has 0 unspecified atom stereocenters. The van der Waals surface area contributed by atoms with Gasteiger partial charge in [0.15, 0.2) is 0 Å². The molecule has 0 aliphatic rings. The third-order valence-electron chi connectivity index (χ3n) is 9.68. The fraction of sp³-hybridized carbons (Fsp3) is 0. The van der Waals surface area contributed by atoms with Crippen molar-refractivity contribution in [1.82, 2.24) is 0 Å². The Labute approximate surface area is 292 Å². The average Bonchev–Trinajstić information content (AvgIpc) is 3.75. The highest BCUT2D eigenvalue weighted by Gasteiger charge is 2.19. The van der Waals surface area contributed by atoms with Crippen LogP contribution in [0.4, 0.5) is 17.1 Å². The molecule has 0 radical (unpaired) electrons. The van der Waals surface area contributed by atoms with E-state index in [0.717, 1.165) is 11.4 Å². The van der Waals surface area contributed by atoms with Gasteiger partial charge < -0.3 is 4.90 Å². The lowest BCUT2D eigenvalue weighted by atomic mass is 9.95. The van der Waals surface area contributed by atoms with Gasteiger partial charge in [-0.2, -0.15) is 0 Å². The smallest absolute Gasteiger partial charge is 0.0554 e. The van der Waals surface area contributed by atoms with Crippen LogP contribution in [-0.2, 0) is 0 Å². The first-order chi connectivity index (χ1) is 24.3. The molecule has 0 aliphatic carbocycles. The fourth-order valence-electron chi connectivity index (χ4n) is 7.42. The molecule has 0 saturated carbocycles. The van der Waals surface area contributed by atoms with Crippen LogP contribution in [0.5, 0.6) is 0 Å². The fourth-order valence-corrected chi connectivity index (χ4v) is 9.71. The molecule has 49 heavy (non-hydrogen) atoms. The number of hydrogen-bond donors (Lipinski definition) is 0. The second-order valence-corrected chi connectivity index (χ2v) is 14.7. The van der Waals surface area contributed by atoms with E-state index < -0.39 is 0 Å². The monoisotopic (exact) mass is 659 g/mol. The largest absolute Gasteiger partial charge is 0.310 e. The van der Waals surface area contributed by atoms with Crippen molar-refractivity contribution in [2.75, 3.05) is 4.90 Å². The van der Waals surface area contributed by atoms with Gasteiger partial charge >= 0.3 is 0 Å². The molecule has 3 heteroatoms. The van der Waals surface area contributed by atoms with Crippen LogP contribution in [0.25, 0.3) is 73.4 Å². The number of benzene rings is 8. The molecule has 0 N–H and O–H groups in total. The number of anilines is 3. The Balaban J connectivity index is 1.15. The highest BCUT2D eigenvalue weighted by Crippen LogP contribution is 2.46. The summed E-state index contributed by atoms with van der Waals surface area (Å²) in [7, 11) is 0. The molecule has 0 amide bonds. The molecule has 0 saturated heterocycles. The van der Waals surface area contributed by atoms with E-state index >= 15 is 0 Å². The maximum atomic E-state index is 2.42. The van der Waals surface area contributed by atoms with Gasteiger partial charge in [-0.1, -0.05) is 121 Å². The zero-order chi connectivity index (χ0) is 32.3. The first-order valence-corrected chi connectivity index (χ1v) is 18.2. The third kappa shape index (κ3) is 4.66. The van der Waals surface area contributed by atoms with Gasteiger partial charge in [0.25, 0.3) is 0 Å². The highest BCUT2D eigenvalue weighted by atomic mass is 32.1. The van der Waals surface area contributed by atoms with E-state index in [-0.39, 0.29) is 0 Å². The van der Waals surface area contributed by atoms with Crippen LogP contribution in [0.1, 0.15) is 0 Å². The minimum atomic E-state index is 1.13. The molecule has 2 aromatic heterocycles.